The molecular weight excluding hydrogens is 1090 g/mol. The number of aromatic hydroxyl groups is 2. The zero-order valence-electron chi connectivity index (χ0n) is 57.3. The molecule has 0 radical (unpaired) electrons. The van der Waals surface area contributed by atoms with Crippen molar-refractivity contribution in [2.24, 2.45) is 9.98 Å². The number of methoxy groups -OCH3 is 2. The van der Waals surface area contributed by atoms with Crippen LogP contribution in [-0.4, -0.2) is 60.9 Å². The topological polar surface area (TPSA) is 136 Å². The number of hydrogen-bond acceptors (Lipinski definition) is 10. The van der Waals surface area contributed by atoms with E-state index < -0.39 is 33.6 Å². The molecule has 2 aliphatic heterocycles. The second-order valence-corrected chi connectivity index (χ2v) is 32.4. The Morgan fingerprint density at radius 1 is 0.443 bits per heavy atom. The maximum absolute atomic E-state index is 13.7. The van der Waals surface area contributed by atoms with Crippen LogP contribution in [-0.2, 0) is 52.8 Å². The number of carbonyl (C=O) groups excluding carboxylic acids is 2. The third kappa shape index (κ3) is 12.2. The number of esters is 2. The van der Waals surface area contributed by atoms with Gasteiger partial charge in [-0.25, -0.2) is 9.59 Å². The average molecular weight is 1190 g/mol. The van der Waals surface area contributed by atoms with Gasteiger partial charge in [0.1, 0.15) is 45.6 Å². The molecular formula is C78H98N2O8. The van der Waals surface area contributed by atoms with Crippen LogP contribution in [0, 0.1) is 0 Å². The Morgan fingerprint density at radius 3 is 1.02 bits per heavy atom. The van der Waals surface area contributed by atoms with Gasteiger partial charge in [-0.1, -0.05) is 189 Å². The summed E-state index contributed by atoms with van der Waals surface area (Å²) in [6.07, 6.45) is 7.17. The van der Waals surface area contributed by atoms with Gasteiger partial charge in [-0.3, -0.25) is 9.98 Å². The van der Waals surface area contributed by atoms with Crippen molar-refractivity contribution in [3.63, 3.8) is 0 Å². The normalized spacial score (nSPS) is 17.6. The molecule has 10 heteroatoms. The van der Waals surface area contributed by atoms with Crippen LogP contribution in [0.25, 0.3) is 22.3 Å². The first-order valence-electron chi connectivity index (χ1n) is 31.6. The Balaban J connectivity index is 1.15. The molecule has 6 aromatic carbocycles. The molecule has 0 saturated heterocycles. The molecule has 0 spiro atoms. The van der Waals surface area contributed by atoms with Gasteiger partial charge in [0, 0.05) is 78.9 Å². The first-order chi connectivity index (χ1) is 40.5. The van der Waals surface area contributed by atoms with Gasteiger partial charge in [0.25, 0.3) is 0 Å². The van der Waals surface area contributed by atoms with Crippen molar-refractivity contribution >= 4 is 24.4 Å². The van der Waals surface area contributed by atoms with Crippen LogP contribution >= 0.6 is 0 Å². The maximum Gasteiger partial charge on any atom is 0.341 e. The highest BCUT2D eigenvalue weighted by Gasteiger charge is 2.43. The lowest BCUT2D eigenvalue weighted by Crippen LogP contribution is -2.28. The minimum absolute atomic E-state index is 0.159. The zero-order valence-corrected chi connectivity index (χ0v) is 57.3. The Morgan fingerprint density at radius 2 is 0.739 bits per heavy atom. The van der Waals surface area contributed by atoms with Crippen molar-refractivity contribution in [1.29, 1.82) is 0 Å². The second-order valence-electron chi connectivity index (χ2n) is 32.4. The number of phenols is 2. The van der Waals surface area contributed by atoms with Crippen molar-refractivity contribution in [2.45, 2.75) is 233 Å². The van der Waals surface area contributed by atoms with Gasteiger partial charge in [0.05, 0.1) is 26.3 Å². The molecule has 10 nitrogen and oxygen atoms in total. The number of hydrogen-bond donors (Lipinski definition) is 2. The first-order valence-corrected chi connectivity index (χ1v) is 31.6. The summed E-state index contributed by atoms with van der Waals surface area (Å²) in [5, 5.41) is 24.8. The number of phenolic OH excluding ortho intramolecular Hbond substituents is 2. The highest BCUT2D eigenvalue weighted by Crippen LogP contribution is 2.58. The maximum atomic E-state index is 13.7. The van der Waals surface area contributed by atoms with Gasteiger partial charge in [-0.15, -0.1) is 0 Å². The minimum Gasteiger partial charge on any atom is -0.507 e. The first kappa shape index (κ1) is 65.3. The average Bonchev–Trinajstić information content (AvgIpc) is 0.734. The van der Waals surface area contributed by atoms with Crippen LogP contribution in [0.15, 0.2) is 82.8 Å². The molecule has 2 heterocycles. The Bertz CT molecular complexity index is 3600. The fourth-order valence-electron chi connectivity index (χ4n) is 12.7. The third-order valence-electron chi connectivity index (χ3n) is 18.8. The summed E-state index contributed by atoms with van der Waals surface area (Å²) in [5.41, 5.74) is 11.8. The Hall–Kier alpha value is -7.20. The number of carbonyl (C=O) groups is 2. The van der Waals surface area contributed by atoms with E-state index in [1.54, 1.807) is 0 Å². The highest BCUT2D eigenvalue weighted by molar-refractivity contribution is 5.97. The van der Waals surface area contributed by atoms with Crippen LogP contribution in [0.4, 0.5) is 0 Å². The monoisotopic (exact) mass is 1190 g/mol. The molecule has 88 heavy (non-hydrogen) atoms. The van der Waals surface area contributed by atoms with E-state index in [0.717, 1.165) is 104 Å². The predicted octanol–water partition coefficient (Wildman–Crippen LogP) is 19.5. The van der Waals surface area contributed by atoms with Crippen molar-refractivity contribution in [2.75, 3.05) is 14.2 Å². The number of aliphatic imine (C=N–C) groups is 2. The number of fused-ring (bicyclic) bond motifs is 4. The van der Waals surface area contributed by atoms with E-state index in [9.17, 15) is 19.8 Å². The number of rotatable bonds is 8. The summed E-state index contributed by atoms with van der Waals surface area (Å²) in [6.45, 7) is 47.6. The van der Waals surface area contributed by atoms with Gasteiger partial charge in [0.15, 0.2) is 0 Å². The fraction of sp³-hybridized carbons (Fsp3) is 0.487. The molecule has 0 amide bonds. The van der Waals surface area contributed by atoms with Gasteiger partial charge in [-0.2, -0.15) is 0 Å². The lowest BCUT2D eigenvalue weighted by molar-refractivity contribution is 0.0587. The second kappa shape index (κ2) is 22.4. The Kier molecular flexibility index (Phi) is 16.6. The van der Waals surface area contributed by atoms with Gasteiger partial charge in [-0.05, 0) is 127 Å². The van der Waals surface area contributed by atoms with E-state index >= 15 is 0 Å². The summed E-state index contributed by atoms with van der Waals surface area (Å²) in [6, 6.07) is 24.9. The van der Waals surface area contributed by atoms with Crippen molar-refractivity contribution in [3.8, 4) is 56.8 Å². The summed E-state index contributed by atoms with van der Waals surface area (Å²) >= 11 is 0. The predicted molar refractivity (Wildman–Crippen MR) is 360 cm³/mol. The van der Waals surface area contributed by atoms with Crippen LogP contribution in [0.2, 0.25) is 0 Å². The molecule has 3 aliphatic rings. The number of ether oxygens (including phenoxy) is 4. The largest absolute Gasteiger partial charge is 0.507 e. The zero-order chi connectivity index (χ0) is 65.1. The number of benzene rings is 6. The van der Waals surface area contributed by atoms with Crippen LogP contribution < -0.4 is 9.47 Å². The summed E-state index contributed by atoms with van der Waals surface area (Å²) in [7, 11) is 2.82. The van der Waals surface area contributed by atoms with E-state index in [1.807, 2.05) is 36.7 Å². The van der Waals surface area contributed by atoms with Gasteiger partial charge >= 0.3 is 11.9 Å². The lowest BCUT2D eigenvalue weighted by Gasteiger charge is -2.39. The standard InChI is InChI=1S/C78H98N2O8/c1-71(2,3)47-33-51(65-57(37-47)77(19,20)59-39-49(73(7,8)9)35-53(67(59)87-65)69(83)85-23)43-29-45(63(81)55(31-43)75(13,14)15)41-79-61-27-25-26-28-62(61)80-42-46-30-44(32-56(64(46)82)76(16,17)18)52-34-48(72(4,5)6)38-58-66(52)88-68-54(70(84)86-24)36-50(74(10,11)12)40-60(68)78(58,21)22/h29-42,61-62,81-82H,25-28H2,1-24H3/t61-,62-/m0/s1. The van der Waals surface area contributed by atoms with E-state index in [-0.39, 0.29) is 45.2 Å². The summed E-state index contributed by atoms with van der Waals surface area (Å²) < 4.78 is 25.1. The molecule has 2 atom stereocenters. The highest BCUT2D eigenvalue weighted by atomic mass is 16.5. The van der Waals surface area contributed by atoms with Crippen LogP contribution in [0.1, 0.15) is 265 Å². The third-order valence-corrected chi connectivity index (χ3v) is 18.8. The number of nitrogens with zero attached hydrogens (tertiary/aromatic N) is 2. The van der Waals surface area contributed by atoms with E-state index in [2.05, 4.69) is 201 Å². The molecule has 468 valence electrons. The molecule has 6 aromatic rings. The van der Waals surface area contributed by atoms with Crippen molar-refractivity contribution in [3.05, 3.63) is 151 Å². The quantitative estimate of drug-likeness (QED) is 0.114. The smallest absolute Gasteiger partial charge is 0.341 e. The SMILES string of the molecule is COC(=O)c1cc(C(C)(C)C)cc2c1Oc1c(-c3cc(C=N[C@H]4CCCC[C@@H]4N=Cc4cc(-c5cc(C(C)(C)C)cc6c5Oc5c(C(=O)OC)cc(C(C)(C)C)cc5C6(C)C)cc(C(C)(C)C)c4O)c(O)c(C(C)(C)C)c3)cc(C(C)(C)C)cc1C2(C)C. The van der Waals surface area contributed by atoms with Gasteiger partial charge < -0.3 is 29.2 Å². The van der Waals surface area contributed by atoms with E-state index in [4.69, 9.17) is 28.9 Å². The molecule has 9 rings (SSSR count). The van der Waals surface area contributed by atoms with Gasteiger partial charge in [0.2, 0.25) is 0 Å². The minimum atomic E-state index is -0.594. The Labute approximate surface area is 525 Å². The van der Waals surface area contributed by atoms with Crippen molar-refractivity contribution < 1.29 is 38.7 Å². The van der Waals surface area contributed by atoms with Crippen LogP contribution in [0.3, 0.4) is 0 Å². The molecule has 0 unspecified atom stereocenters. The molecule has 1 saturated carbocycles. The molecule has 0 bridgehead atoms. The molecule has 2 N–H and O–H groups in total. The molecule has 0 aromatic heterocycles. The summed E-state index contributed by atoms with van der Waals surface area (Å²) in [4.78, 5) is 38.2. The summed E-state index contributed by atoms with van der Waals surface area (Å²) in [5.74, 6) is 1.68. The van der Waals surface area contributed by atoms with E-state index in [0.29, 0.717) is 45.3 Å². The van der Waals surface area contributed by atoms with E-state index in [1.165, 1.54) is 14.2 Å². The lowest BCUT2D eigenvalue weighted by atomic mass is 9.70. The van der Waals surface area contributed by atoms with Crippen LogP contribution in [0.5, 0.6) is 34.5 Å². The molecule has 1 fully saturated rings. The van der Waals surface area contributed by atoms with Crippen molar-refractivity contribution in [1.82, 2.24) is 0 Å². The fourth-order valence-corrected chi connectivity index (χ4v) is 12.7. The molecule has 1 aliphatic carbocycles.